The third-order valence-electron chi connectivity index (χ3n) is 4.20. The van der Waals surface area contributed by atoms with Gasteiger partial charge in [0.25, 0.3) is 0 Å². The Kier molecular flexibility index (Phi) is 3.62. The summed E-state index contributed by atoms with van der Waals surface area (Å²) in [4.78, 5) is 26.1. The average molecular weight is 304 g/mol. The first-order valence-corrected chi connectivity index (χ1v) is 7.69. The van der Waals surface area contributed by atoms with Crippen LogP contribution in [0.2, 0.25) is 5.02 Å². The predicted octanol–water partition coefficient (Wildman–Crippen LogP) is 3.09. The van der Waals surface area contributed by atoms with E-state index in [-0.39, 0.29) is 10.9 Å². The molecule has 2 aromatic carbocycles. The minimum Gasteiger partial charge on any atom is -0.367 e. The largest absolute Gasteiger partial charge is 0.367 e. The summed E-state index contributed by atoms with van der Waals surface area (Å²) in [6, 6.07) is 7.11. The molecule has 0 bridgehead atoms. The maximum atomic E-state index is 12.0. The first kappa shape index (κ1) is 14.3. The summed E-state index contributed by atoms with van der Waals surface area (Å²) >= 11 is 5.89. The van der Waals surface area contributed by atoms with Crippen LogP contribution >= 0.6 is 11.6 Å². The molecule has 4 heteroatoms. The van der Waals surface area contributed by atoms with Crippen molar-refractivity contribution in [3.8, 4) is 11.1 Å². The smallest absolute Gasteiger partial charge is 0.250 e. The van der Waals surface area contributed by atoms with Crippen molar-refractivity contribution in [2.45, 2.75) is 20.3 Å². The molecule has 1 aliphatic rings. The second kappa shape index (κ2) is 5.30. The van der Waals surface area contributed by atoms with Crippen LogP contribution in [0.4, 0.5) is 5.69 Å². The highest BCUT2D eigenvalue weighted by Crippen LogP contribution is 2.32. The molecule has 3 rings (SSSR count). The van der Waals surface area contributed by atoms with Gasteiger partial charge in [0.05, 0.1) is 5.56 Å². The van der Waals surface area contributed by atoms with Crippen molar-refractivity contribution in [1.82, 2.24) is 0 Å². The number of hydrogen-bond donors (Lipinski definition) is 0. The van der Waals surface area contributed by atoms with Gasteiger partial charge in [0.15, 0.2) is 0 Å². The van der Waals surface area contributed by atoms with Crippen LogP contribution in [0.1, 0.15) is 20.3 Å². The molecule has 110 valence electrons. The second-order valence-electron chi connectivity index (χ2n) is 6.24. The minimum absolute atomic E-state index is 0.346. The van der Waals surface area contributed by atoms with Gasteiger partial charge in [0, 0.05) is 18.1 Å². The third-order valence-corrected chi connectivity index (χ3v) is 4.46. The van der Waals surface area contributed by atoms with Gasteiger partial charge in [-0.2, -0.15) is 0 Å². The molecule has 1 saturated heterocycles. The van der Waals surface area contributed by atoms with E-state index < -0.39 is 0 Å². The first-order valence-electron chi connectivity index (χ1n) is 7.31. The lowest BCUT2D eigenvalue weighted by Crippen LogP contribution is -2.47. The number of benzene rings is 1. The fraction of sp³-hybridized carbons (Fsp3) is 0.412. The van der Waals surface area contributed by atoms with Gasteiger partial charge in [-0.3, -0.25) is 9.59 Å². The number of halogens is 1. The van der Waals surface area contributed by atoms with Gasteiger partial charge in [0.2, 0.25) is 10.9 Å². The lowest BCUT2D eigenvalue weighted by molar-refractivity contribution is 0.356. The molecule has 0 unspecified atom stereocenters. The van der Waals surface area contributed by atoms with Crippen LogP contribution in [-0.2, 0) is 0 Å². The predicted molar refractivity (Wildman–Crippen MR) is 87.0 cm³/mol. The molecule has 0 aliphatic carbocycles. The molecule has 21 heavy (non-hydrogen) atoms. The summed E-state index contributed by atoms with van der Waals surface area (Å²) in [7, 11) is 0. The van der Waals surface area contributed by atoms with Crippen molar-refractivity contribution < 1.29 is 0 Å². The molecule has 3 nitrogen and oxygen atoms in total. The van der Waals surface area contributed by atoms with E-state index in [2.05, 4.69) is 18.7 Å². The summed E-state index contributed by atoms with van der Waals surface area (Å²) in [5.41, 5.74) is 1.21. The molecule has 2 aromatic rings. The van der Waals surface area contributed by atoms with Crippen molar-refractivity contribution >= 4 is 17.3 Å². The van der Waals surface area contributed by atoms with Crippen molar-refractivity contribution in [2.75, 3.05) is 18.0 Å². The summed E-state index contributed by atoms with van der Waals surface area (Å²) in [5.74, 6) is 1.08. The topological polar surface area (TPSA) is 37.4 Å². The number of anilines is 1. The molecular formula is C17H18ClNO2. The highest BCUT2D eigenvalue weighted by molar-refractivity contribution is 6.30. The third kappa shape index (κ3) is 2.51. The van der Waals surface area contributed by atoms with Crippen LogP contribution in [0.15, 0.2) is 33.9 Å². The summed E-state index contributed by atoms with van der Waals surface area (Å²) in [5, 5.41) is 0.624. The maximum Gasteiger partial charge on any atom is 0.250 e. The van der Waals surface area contributed by atoms with Crippen LogP contribution in [0, 0.1) is 11.8 Å². The maximum absolute atomic E-state index is 12.0. The lowest BCUT2D eigenvalue weighted by Gasteiger charge is -2.37. The zero-order valence-corrected chi connectivity index (χ0v) is 13.0. The van der Waals surface area contributed by atoms with Crippen molar-refractivity contribution in [2.24, 2.45) is 11.8 Å². The SMILES string of the molecule is C[C@H]1C[C@H](C)CN(c2c(-c3ccc(Cl)cc3)c(=O)c2=O)C1. The monoisotopic (exact) mass is 303 g/mol. The number of nitrogens with zero attached hydrogens (tertiary/aromatic N) is 1. The van der Waals surface area contributed by atoms with Gasteiger partial charge in [-0.15, -0.1) is 0 Å². The van der Waals surface area contributed by atoms with Gasteiger partial charge in [-0.05, 0) is 36.0 Å². The van der Waals surface area contributed by atoms with Gasteiger partial charge in [-0.1, -0.05) is 37.6 Å². The molecule has 0 N–H and O–H groups in total. The molecule has 1 fully saturated rings. The molecule has 0 aromatic heterocycles. The van der Waals surface area contributed by atoms with Gasteiger partial charge in [0.1, 0.15) is 5.69 Å². The molecule has 0 radical (unpaired) electrons. The second-order valence-corrected chi connectivity index (χ2v) is 6.68. The fourth-order valence-corrected chi connectivity index (χ4v) is 3.54. The van der Waals surface area contributed by atoms with Crippen molar-refractivity contribution in [1.29, 1.82) is 0 Å². The van der Waals surface area contributed by atoms with Crippen molar-refractivity contribution in [3.63, 3.8) is 0 Å². The van der Waals surface area contributed by atoms with Crippen molar-refractivity contribution in [3.05, 3.63) is 49.7 Å². The standard InChI is InChI=1S/C17H18ClNO2/c1-10-7-11(2)9-19(8-10)15-14(16(20)17(15)21)12-3-5-13(18)6-4-12/h3-6,10-11H,7-9H2,1-2H3/t10-,11-/m0/s1. The molecule has 2 atom stereocenters. The molecular weight excluding hydrogens is 286 g/mol. The van der Waals surface area contributed by atoms with E-state index in [9.17, 15) is 9.59 Å². The van der Waals surface area contributed by atoms with Gasteiger partial charge >= 0.3 is 0 Å². The first-order chi connectivity index (χ1) is 9.97. The average Bonchev–Trinajstić information content (AvgIpc) is 2.44. The van der Waals surface area contributed by atoms with E-state index in [0.717, 1.165) is 18.7 Å². The van der Waals surface area contributed by atoms with E-state index in [1.54, 1.807) is 24.3 Å². The Morgan fingerprint density at radius 1 is 1.00 bits per heavy atom. The Morgan fingerprint density at radius 2 is 1.57 bits per heavy atom. The molecule has 0 saturated carbocycles. The number of hydrogen-bond acceptors (Lipinski definition) is 3. The Balaban J connectivity index is 2.01. The molecule has 1 heterocycles. The summed E-state index contributed by atoms with van der Waals surface area (Å²) in [6.07, 6.45) is 1.17. The van der Waals surface area contributed by atoms with Crippen LogP contribution in [0.5, 0.6) is 0 Å². The van der Waals surface area contributed by atoms with Crippen LogP contribution in [0.25, 0.3) is 11.1 Å². The van der Waals surface area contributed by atoms with Crippen LogP contribution < -0.4 is 15.8 Å². The molecule has 0 spiro atoms. The Morgan fingerprint density at radius 3 is 2.14 bits per heavy atom. The normalized spacial score (nSPS) is 22.7. The van der Waals surface area contributed by atoms with E-state index in [4.69, 9.17) is 11.6 Å². The highest BCUT2D eigenvalue weighted by Gasteiger charge is 2.31. The van der Waals surface area contributed by atoms with Gasteiger partial charge in [-0.25, -0.2) is 0 Å². The van der Waals surface area contributed by atoms with E-state index in [0.29, 0.717) is 28.1 Å². The quantitative estimate of drug-likeness (QED) is 0.800. The number of rotatable bonds is 2. The highest BCUT2D eigenvalue weighted by atomic mass is 35.5. The molecule has 0 amide bonds. The summed E-state index contributed by atoms with van der Waals surface area (Å²) in [6.45, 7) is 6.07. The fourth-order valence-electron chi connectivity index (χ4n) is 3.41. The Bertz CT molecular complexity index is 718. The van der Waals surface area contributed by atoms with Crippen LogP contribution in [0.3, 0.4) is 0 Å². The Hall–Kier alpha value is -1.61. The zero-order chi connectivity index (χ0) is 15.1. The van der Waals surface area contributed by atoms with E-state index in [1.807, 2.05) is 0 Å². The van der Waals surface area contributed by atoms with E-state index in [1.165, 1.54) is 6.42 Å². The number of piperidine rings is 1. The molecule has 1 aliphatic heterocycles. The minimum atomic E-state index is -0.377. The van der Waals surface area contributed by atoms with E-state index >= 15 is 0 Å². The van der Waals surface area contributed by atoms with Gasteiger partial charge < -0.3 is 4.90 Å². The Labute approximate surface area is 128 Å². The summed E-state index contributed by atoms with van der Waals surface area (Å²) < 4.78 is 0. The van der Waals surface area contributed by atoms with Crippen LogP contribution in [-0.4, -0.2) is 13.1 Å². The zero-order valence-electron chi connectivity index (χ0n) is 12.2. The lowest BCUT2D eigenvalue weighted by atomic mass is 9.89.